The minimum absolute atomic E-state index is 0.0320. The first-order chi connectivity index (χ1) is 11.8. The van der Waals surface area contributed by atoms with Gasteiger partial charge in [0.1, 0.15) is 6.04 Å². The average Bonchev–Trinajstić information content (AvgIpc) is 2.89. The molecule has 134 valence electrons. The zero-order valence-electron chi connectivity index (χ0n) is 13.7. The third-order valence-corrected chi connectivity index (χ3v) is 6.03. The van der Waals surface area contributed by atoms with Crippen LogP contribution in [-0.2, 0) is 19.6 Å². The molecule has 0 aliphatic carbocycles. The number of sulfonamides is 1. The summed E-state index contributed by atoms with van der Waals surface area (Å²) in [4.78, 5) is 26.5. The fourth-order valence-electron chi connectivity index (χ4n) is 2.48. The number of thioether (sulfide) groups is 1. The van der Waals surface area contributed by atoms with Crippen LogP contribution in [0, 0.1) is 0 Å². The molecule has 1 aromatic rings. The van der Waals surface area contributed by atoms with Crippen molar-refractivity contribution >= 4 is 44.5 Å². The molecule has 2 aliphatic heterocycles. The summed E-state index contributed by atoms with van der Waals surface area (Å²) in [5, 5.41) is 2.99. The Morgan fingerprint density at radius 3 is 2.92 bits per heavy atom. The van der Waals surface area contributed by atoms with Gasteiger partial charge in [-0.25, -0.2) is 13.2 Å². The number of nitrogens with zero attached hydrogens (tertiary/aromatic N) is 2. The van der Waals surface area contributed by atoms with Crippen molar-refractivity contribution in [3.63, 3.8) is 0 Å². The normalized spacial score (nSPS) is 18.6. The van der Waals surface area contributed by atoms with Gasteiger partial charge in [-0.05, 0) is 43.8 Å². The third kappa shape index (κ3) is 3.64. The number of esters is 1. The van der Waals surface area contributed by atoms with Crippen molar-refractivity contribution in [1.29, 1.82) is 0 Å². The van der Waals surface area contributed by atoms with Crippen LogP contribution in [0.1, 0.15) is 24.2 Å². The molecule has 25 heavy (non-hydrogen) atoms. The Labute approximate surface area is 149 Å². The molecule has 0 aromatic heterocycles. The number of carbonyl (C=O) groups excluding carboxylic acids is 2. The lowest BCUT2D eigenvalue weighted by atomic mass is 10.1. The van der Waals surface area contributed by atoms with Crippen LogP contribution < -0.4 is 10.2 Å². The summed E-state index contributed by atoms with van der Waals surface area (Å²) in [7, 11) is -3.42. The molecule has 0 spiro atoms. The SMILES string of the molecule is CCOC(=O)C(C)NC(=O)c1ccc2c(c1)SC1=NS(=O)(=O)CCN12. The molecule has 0 radical (unpaired) electrons. The molecule has 0 saturated heterocycles. The predicted octanol–water partition coefficient (Wildman–Crippen LogP) is 0.980. The van der Waals surface area contributed by atoms with Crippen LogP contribution in [0.2, 0.25) is 0 Å². The highest BCUT2D eigenvalue weighted by molar-refractivity contribution is 8.15. The average molecular weight is 383 g/mol. The van der Waals surface area contributed by atoms with Crippen molar-refractivity contribution in [2.75, 3.05) is 23.8 Å². The lowest BCUT2D eigenvalue weighted by Gasteiger charge is -2.22. The minimum Gasteiger partial charge on any atom is -0.464 e. The molecule has 1 amide bonds. The summed E-state index contributed by atoms with van der Waals surface area (Å²) in [5.41, 5.74) is 1.21. The molecular formula is C15H17N3O5S2. The monoisotopic (exact) mass is 383 g/mol. The molecule has 2 aliphatic rings. The number of benzene rings is 1. The molecule has 1 aromatic carbocycles. The van der Waals surface area contributed by atoms with Gasteiger partial charge in [0.2, 0.25) is 0 Å². The summed E-state index contributed by atoms with van der Waals surface area (Å²) in [6.45, 7) is 3.84. The van der Waals surface area contributed by atoms with E-state index < -0.39 is 27.9 Å². The van der Waals surface area contributed by atoms with Gasteiger partial charge in [-0.2, -0.15) is 0 Å². The summed E-state index contributed by atoms with van der Waals surface area (Å²) in [5.74, 6) is -0.929. The van der Waals surface area contributed by atoms with E-state index in [1.165, 1.54) is 11.8 Å². The van der Waals surface area contributed by atoms with Gasteiger partial charge >= 0.3 is 5.97 Å². The number of fused-ring (bicyclic) bond motifs is 3. The second-order valence-electron chi connectivity index (χ2n) is 5.54. The van der Waals surface area contributed by atoms with Gasteiger partial charge in [0.15, 0.2) is 5.17 Å². The van der Waals surface area contributed by atoms with E-state index >= 15 is 0 Å². The Balaban J connectivity index is 1.78. The Morgan fingerprint density at radius 2 is 2.20 bits per heavy atom. The molecule has 1 atom stereocenters. The van der Waals surface area contributed by atoms with Crippen LogP contribution in [0.3, 0.4) is 0 Å². The van der Waals surface area contributed by atoms with E-state index in [1.807, 2.05) is 4.90 Å². The van der Waals surface area contributed by atoms with Crippen molar-refractivity contribution in [2.45, 2.75) is 24.8 Å². The minimum atomic E-state index is -3.42. The number of hydrogen-bond donors (Lipinski definition) is 1. The van der Waals surface area contributed by atoms with Crippen LogP contribution in [0.25, 0.3) is 0 Å². The summed E-state index contributed by atoms with van der Waals surface area (Å²) >= 11 is 1.21. The van der Waals surface area contributed by atoms with E-state index in [1.54, 1.807) is 32.0 Å². The van der Waals surface area contributed by atoms with Gasteiger partial charge in [0.25, 0.3) is 15.9 Å². The van der Waals surface area contributed by atoms with Gasteiger partial charge in [-0.15, -0.1) is 4.40 Å². The topological polar surface area (TPSA) is 105 Å². The Hall–Kier alpha value is -2.07. The zero-order chi connectivity index (χ0) is 18.2. The van der Waals surface area contributed by atoms with Crippen molar-refractivity contribution in [2.24, 2.45) is 4.40 Å². The quantitative estimate of drug-likeness (QED) is 0.773. The number of hydrogen-bond acceptors (Lipinski definition) is 7. The molecule has 0 fully saturated rings. The first-order valence-electron chi connectivity index (χ1n) is 7.70. The van der Waals surface area contributed by atoms with Crippen molar-refractivity contribution in [3.05, 3.63) is 23.8 Å². The standard InChI is InChI=1S/C15H17N3O5S2/c1-3-23-14(20)9(2)16-13(19)10-4-5-11-12(8-10)24-15-17-25(21,22)7-6-18(11)15/h4-5,8-9H,3,6-7H2,1-2H3,(H,16,19). The number of carbonyl (C=O) groups is 2. The number of anilines is 1. The lowest BCUT2D eigenvalue weighted by molar-refractivity contribution is -0.144. The van der Waals surface area contributed by atoms with E-state index in [0.29, 0.717) is 17.3 Å². The highest BCUT2D eigenvalue weighted by Crippen LogP contribution is 2.42. The molecule has 8 nitrogen and oxygen atoms in total. The fraction of sp³-hybridized carbons (Fsp3) is 0.400. The molecule has 1 unspecified atom stereocenters. The molecule has 0 saturated carbocycles. The number of rotatable bonds is 4. The second-order valence-corrected chi connectivity index (χ2v) is 8.31. The second kappa shape index (κ2) is 6.68. The maximum absolute atomic E-state index is 12.3. The molecule has 3 rings (SSSR count). The number of amides is 1. The highest BCUT2D eigenvalue weighted by atomic mass is 32.2. The lowest BCUT2D eigenvalue weighted by Crippen LogP contribution is -2.39. The van der Waals surface area contributed by atoms with E-state index in [2.05, 4.69) is 9.71 Å². The number of ether oxygens (including phenoxy) is 1. The van der Waals surface area contributed by atoms with Gasteiger partial charge in [0.05, 0.1) is 18.0 Å². The van der Waals surface area contributed by atoms with Crippen molar-refractivity contribution in [3.8, 4) is 0 Å². The predicted molar refractivity (Wildman–Crippen MR) is 94.4 cm³/mol. The summed E-state index contributed by atoms with van der Waals surface area (Å²) < 4.78 is 31.9. The van der Waals surface area contributed by atoms with Crippen LogP contribution in [0.5, 0.6) is 0 Å². The van der Waals surface area contributed by atoms with Gasteiger partial charge in [-0.1, -0.05) is 0 Å². The van der Waals surface area contributed by atoms with Crippen LogP contribution in [-0.4, -0.2) is 50.4 Å². The molecule has 2 heterocycles. The molecule has 10 heteroatoms. The van der Waals surface area contributed by atoms with Gasteiger partial charge in [0, 0.05) is 17.0 Å². The van der Waals surface area contributed by atoms with E-state index in [-0.39, 0.29) is 12.4 Å². The van der Waals surface area contributed by atoms with E-state index in [0.717, 1.165) is 10.6 Å². The van der Waals surface area contributed by atoms with Crippen LogP contribution >= 0.6 is 11.8 Å². The summed E-state index contributed by atoms with van der Waals surface area (Å²) in [6.07, 6.45) is 0. The zero-order valence-corrected chi connectivity index (χ0v) is 15.3. The Bertz CT molecular complexity index is 866. The highest BCUT2D eigenvalue weighted by Gasteiger charge is 2.33. The molecule has 1 N–H and O–H groups in total. The maximum atomic E-state index is 12.3. The number of amidine groups is 1. The fourth-order valence-corrected chi connectivity index (χ4v) is 4.77. The van der Waals surface area contributed by atoms with E-state index in [4.69, 9.17) is 4.74 Å². The van der Waals surface area contributed by atoms with E-state index in [9.17, 15) is 18.0 Å². The summed E-state index contributed by atoms with van der Waals surface area (Å²) in [6, 6.07) is 4.31. The third-order valence-electron chi connectivity index (χ3n) is 3.72. The molecule has 0 bridgehead atoms. The molecular weight excluding hydrogens is 366 g/mol. The maximum Gasteiger partial charge on any atom is 0.328 e. The number of nitrogens with one attached hydrogen (secondary N) is 1. The van der Waals surface area contributed by atoms with Gasteiger partial charge < -0.3 is 15.0 Å². The first kappa shape index (κ1) is 17.7. The van der Waals surface area contributed by atoms with Crippen LogP contribution in [0.4, 0.5) is 5.69 Å². The van der Waals surface area contributed by atoms with Gasteiger partial charge in [-0.3, -0.25) is 4.79 Å². The Morgan fingerprint density at radius 1 is 1.44 bits per heavy atom. The largest absolute Gasteiger partial charge is 0.464 e. The Kier molecular flexibility index (Phi) is 4.74. The van der Waals surface area contributed by atoms with Crippen molar-refractivity contribution < 1.29 is 22.7 Å². The smallest absolute Gasteiger partial charge is 0.328 e. The van der Waals surface area contributed by atoms with Crippen molar-refractivity contribution in [1.82, 2.24) is 5.32 Å². The first-order valence-corrected chi connectivity index (χ1v) is 10.1. The van der Waals surface area contributed by atoms with Crippen LogP contribution in [0.15, 0.2) is 27.5 Å².